The molecule has 2 aromatic carbocycles. The van der Waals surface area contributed by atoms with Crippen molar-refractivity contribution in [3.05, 3.63) is 84.1 Å². The molecule has 1 saturated heterocycles. The second kappa shape index (κ2) is 11.1. The van der Waals surface area contributed by atoms with Gasteiger partial charge in [0.15, 0.2) is 0 Å². The van der Waals surface area contributed by atoms with Gasteiger partial charge in [-0.1, -0.05) is 12.1 Å². The van der Waals surface area contributed by atoms with E-state index in [1.54, 1.807) is 48.7 Å². The molecule has 1 N–H and O–H groups in total. The number of anilines is 1. The number of hydrogen-bond acceptors (Lipinski definition) is 6. The summed E-state index contributed by atoms with van der Waals surface area (Å²) < 4.78 is 36.7. The molecule has 1 fully saturated rings. The van der Waals surface area contributed by atoms with Crippen LogP contribution in [0.2, 0.25) is 0 Å². The molecule has 0 spiro atoms. The minimum absolute atomic E-state index is 0.182. The largest absolute Gasteiger partial charge is 0.494 e. The van der Waals surface area contributed by atoms with Crippen LogP contribution >= 0.6 is 0 Å². The van der Waals surface area contributed by atoms with Crippen LogP contribution in [0.4, 0.5) is 5.69 Å². The lowest BCUT2D eigenvalue weighted by atomic mass is 10.2. The number of nitrogens with zero attached hydrogens (tertiary/aromatic N) is 2. The first-order valence-electron chi connectivity index (χ1n) is 11.3. The van der Waals surface area contributed by atoms with Crippen molar-refractivity contribution in [1.82, 2.24) is 10.3 Å². The van der Waals surface area contributed by atoms with E-state index >= 15 is 0 Å². The van der Waals surface area contributed by atoms with Gasteiger partial charge in [0.1, 0.15) is 11.5 Å². The normalized spacial score (nSPS) is 14.7. The zero-order valence-electron chi connectivity index (χ0n) is 19.4. The maximum atomic E-state index is 12.3. The average Bonchev–Trinajstić information content (AvgIpc) is 3.22. The summed E-state index contributed by atoms with van der Waals surface area (Å²) in [6, 6.07) is 17.9. The van der Waals surface area contributed by atoms with E-state index in [4.69, 9.17) is 9.47 Å². The van der Waals surface area contributed by atoms with Gasteiger partial charge in [-0.05, 0) is 73.0 Å². The molecule has 35 heavy (non-hydrogen) atoms. The SMILES string of the molecule is CCOc1ccc(Oc2cc(CNC(=O)/C=C/c3ccc(N4CCCS4(=O)=O)cc3)ccn2)cc1. The van der Waals surface area contributed by atoms with Gasteiger partial charge >= 0.3 is 0 Å². The highest BCUT2D eigenvalue weighted by Crippen LogP contribution is 2.25. The van der Waals surface area contributed by atoms with E-state index in [1.165, 1.54) is 10.4 Å². The molecule has 182 valence electrons. The molecule has 8 nitrogen and oxygen atoms in total. The van der Waals surface area contributed by atoms with Gasteiger partial charge in [0.2, 0.25) is 21.8 Å². The van der Waals surface area contributed by atoms with Crippen molar-refractivity contribution in [2.24, 2.45) is 0 Å². The molecule has 0 atom stereocenters. The Kier molecular flexibility index (Phi) is 7.67. The molecule has 2 heterocycles. The predicted molar refractivity (Wildman–Crippen MR) is 135 cm³/mol. The van der Waals surface area contributed by atoms with Gasteiger partial charge in [-0.15, -0.1) is 0 Å². The maximum Gasteiger partial charge on any atom is 0.244 e. The summed E-state index contributed by atoms with van der Waals surface area (Å²) in [6.45, 7) is 3.35. The minimum Gasteiger partial charge on any atom is -0.494 e. The van der Waals surface area contributed by atoms with E-state index in [2.05, 4.69) is 10.3 Å². The summed E-state index contributed by atoms with van der Waals surface area (Å²) in [7, 11) is -3.20. The van der Waals surface area contributed by atoms with Crippen LogP contribution < -0.4 is 19.1 Å². The lowest BCUT2D eigenvalue weighted by Gasteiger charge is -2.16. The van der Waals surface area contributed by atoms with Crippen molar-refractivity contribution < 1.29 is 22.7 Å². The standard InChI is InChI=1S/C26H27N3O5S/c1-2-33-23-9-11-24(12-10-23)34-26-18-21(14-15-27-26)19-28-25(30)13-6-20-4-7-22(8-5-20)29-16-3-17-35(29,31)32/h4-15,18H,2-3,16-17,19H2,1H3,(H,28,30)/b13-6+. The first-order chi connectivity index (χ1) is 16.9. The molecule has 0 bridgehead atoms. The third kappa shape index (κ3) is 6.60. The van der Waals surface area contributed by atoms with Crippen LogP contribution in [0, 0.1) is 0 Å². The highest BCUT2D eigenvalue weighted by atomic mass is 32.2. The number of pyridine rings is 1. The Morgan fingerprint density at radius 2 is 1.83 bits per heavy atom. The van der Waals surface area contributed by atoms with Crippen LogP contribution in [0.15, 0.2) is 72.9 Å². The monoisotopic (exact) mass is 493 g/mol. The number of hydrogen-bond donors (Lipinski definition) is 1. The number of aromatic nitrogens is 1. The lowest BCUT2D eigenvalue weighted by molar-refractivity contribution is -0.116. The fraction of sp³-hybridized carbons (Fsp3) is 0.231. The molecule has 0 unspecified atom stereocenters. The molecule has 1 amide bonds. The summed E-state index contributed by atoms with van der Waals surface area (Å²) in [6.07, 6.45) is 5.39. The second-order valence-electron chi connectivity index (χ2n) is 7.89. The third-order valence-corrected chi connectivity index (χ3v) is 7.20. The quantitative estimate of drug-likeness (QED) is 0.450. The summed E-state index contributed by atoms with van der Waals surface area (Å²) in [5.74, 6) is 1.77. The molecule has 3 aromatic rings. The van der Waals surface area contributed by atoms with Gasteiger partial charge in [-0.2, -0.15) is 0 Å². The highest BCUT2D eigenvalue weighted by molar-refractivity contribution is 7.93. The Bertz CT molecular complexity index is 1290. The Labute approximate surface area is 205 Å². The number of carbonyl (C=O) groups excluding carboxylic acids is 1. The van der Waals surface area contributed by atoms with Crippen molar-refractivity contribution in [3.63, 3.8) is 0 Å². The average molecular weight is 494 g/mol. The number of nitrogens with one attached hydrogen (secondary N) is 1. The predicted octanol–water partition coefficient (Wildman–Crippen LogP) is 4.14. The van der Waals surface area contributed by atoms with E-state index in [9.17, 15) is 13.2 Å². The van der Waals surface area contributed by atoms with Crippen LogP contribution in [-0.4, -0.2) is 38.2 Å². The fourth-order valence-electron chi connectivity index (χ4n) is 3.61. The molecule has 0 radical (unpaired) electrons. The van der Waals surface area contributed by atoms with Gasteiger partial charge in [0.05, 0.1) is 18.0 Å². The first-order valence-corrected chi connectivity index (χ1v) is 13.0. The molecule has 1 aliphatic rings. The van der Waals surface area contributed by atoms with Crippen LogP contribution in [0.1, 0.15) is 24.5 Å². The van der Waals surface area contributed by atoms with E-state index in [-0.39, 0.29) is 11.7 Å². The topological polar surface area (TPSA) is 97.8 Å². The molecule has 1 aromatic heterocycles. The van der Waals surface area contributed by atoms with E-state index < -0.39 is 10.0 Å². The van der Waals surface area contributed by atoms with Crippen molar-refractivity contribution in [3.8, 4) is 17.4 Å². The first kappa shape index (κ1) is 24.3. The molecule has 0 saturated carbocycles. The number of carbonyl (C=O) groups is 1. The Morgan fingerprint density at radius 3 is 2.51 bits per heavy atom. The number of sulfonamides is 1. The van der Waals surface area contributed by atoms with Crippen LogP contribution in [0.5, 0.6) is 17.4 Å². The summed E-state index contributed by atoms with van der Waals surface area (Å²) in [5, 5.41) is 2.84. The summed E-state index contributed by atoms with van der Waals surface area (Å²) >= 11 is 0. The van der Waals surface area contributed by atoms with Gasteiger partial charge in [0.25, 0.3) is 0 Å². The zero-order valence-corrected chi connectivity index (χ0v) is 20.2. The van der Waals surface area contributed by atoms with Gasteiger partial charge in [-0.3, -0.25) is 9.10 Å². The highest BCUT2D eigenvalue weighted by Gasteiger charge is 2.28. The van der Waals surface area contributed by atoms with Crippen LogP contribution in [-0.2, 0) is 21.4 Å². The third-order valence-electron chi connectivity index (χ3n) is 5.33. The zero-order chi connectivity index (χ0) is 24.7. The number of rotatable bonds is 9. The molecular weight excluding hydrogens is 466 g/mol. The van der Waals surface area contributed by atoms with E-state index in [0.717, 1.165) is 16.9 Å². The number of benzene rings is 2. The fourth-order valence-corrected chi connectivity index (χ4v) is 5.17. The van der Waals surface area contributed by atoms with Gasteiger partial charge in [0, 0.05) is 31.4 Å². The molecule has 1 aliphatic heterocycles. The van der Waals surface area contributed by atoms with E-state index in [0.29, 0.717) is 43.4 Å². The van der Waals surface area contributed by atoms with Crippen molar-refractivity contribution in [2.45, 2.75) is 19.9 Å². The lowest BCUT2D eigenvalue weighted by Crippen LogP contribution is -2.24. The number of ether oxygens (including phenoxy) is 2. The molecule has 4 rings (SSSR count). The van der Waals surface area contributed by atoms with Crippen molar-refractivity contribution >= 4 is 27.7 Å². The van der Waals surface area contributed by atoms with Crippen molar-refractivity contribution in [2.75, 3.05) is 23.2 Å². The van der Waals surface area contributed by atoms with Crippen molar-refractivity contribution in [1.29, 1.82) is 0 Å². The Hall–Kier alpha value is -3.85. The molecule has 9 heteroatoms. The summed E-state index contributed by atoms with van der Waals surface area (Å²) in [4.78, 5) is 16.5. The number of amides is 1. The maximum absolute atomic E-state index is 12.3. The van der Waals surface area contributed by atoms with Gasteiger partial charge in [-0.25, -0.2) is 13.4 Å². The van der Waals surface area contributed by atoms with Crippen LogP contribution in [0.3, 0.4) is 0 Å². The smallest absolute Gasteiger partial charge is 0.244 e. The Morgan fingerprint density at radius 1 is 1.09 bits per heavy atom. The minimum atomic E-state index is -3.20. The Balaban J connectivity index is 1.29. The van der Waals surface area contributed by atoms with Crippen LogP contribution in [0.25, 0.3) is 6.08 Å². The summed E-state index contributed by atoms with van der Waals surface area (Å²) in [5.41, 5.74) is 2.29. The van der Waals surface area contributed by atoms with E-state index in [1.807, 2.05) is 31.2 Å². The molecular formula is C26H27N3O5S. The van der Waals surface area contributed by atoms with Gasteiger partial charge < -0.3 is 14.8 Å². The molecule has 0 aliphatic carbocycles. The second-order valence-corrected chi connectivity index (χ2v) is 9.91.